The molecule has 0 aromatic carbocycles. The highest BCUT2D eigenvalue weighted by molar-refractivity contribution is 7.99. The molecule has 3 heterocycles. The summed E-state index contributed by atoms with van der Waals surface area (Å²) in [5.74, 6) is 1.67. The summed E-state index contributed by atoms with van der Waals surface area (Å²) in [5.41, 5.74) is 0. The van der Waals surface area contributed by atoms with E-state index in [1.807, 2.05) is 0 Å². The molecule has 3 atom stereocenters. The van der Waals surface area contributed by atoms with Gasteiger partial charge in [0.1, 0.15) is 6.04 Å². The Balaban J connectivity index is 1.58. The standard InChI is InChI=1S/C16H27N3O4S/c1-12(20)19-11-24-10-15(19)16(21)17-8-14(13-2-5-23-9-13)18-3-6-22-7-4-18/h13-15H,2-11H2,1H3,(H,17,21)/t13-,14+,15+/m0/s1. The summed E-state index contributed by atoms with van der Waals surface area (Å²) >= 11 is 1.63. The molecule has 3 rings (SSSR count). The highest BCUT2D eigenvalue weighted by Crippen LogP contribution is 2.23. The van der Waals surface area contributed by atoms with Gasteiger partial charge in [0.15, 0.2) is 0 Å². The summed E-state index contributed by atoms with van der Waals surface area (Å²) in [5, 5.41) is 3.10. The lowest BCUT2D eigenvalue weighted by molar-refractivity contribution is -0.136. The summed E-state index contributed by atoms with van der Waals surface area (Å²) in [6.07, 6.45) is 1.04. The summed E-state index contributed by atoms with van der Waals surface area (Å²) in [6.45, 7) is 6.99. The van der Waals surface area contributed by atoms with E-state index >= 15 is 0 Å². The van der Waals surface area contributed by atoms with E-state index in [4.69, 9.17) is 9.47 Å². The fraction of sp³-hybridized carbons (Fsp3) is 0.875. The van der Waals surface area contributed by atoms with Crippen molar-refractivity contribution in [3.05, 3.63) is 0 Å². The van der Waals surface area contributed by atoms with Crippen molar-refractivity contribution in [1.82, 2.24) is 15.1 Å². The Bertz CT molecular complexity index is 453. The van der Waals surface area contributed by atoms with Crippen molar-refractivity contribution in [3.8, 4) is 0 Å². The van der Waals surface area contributed by atoms with Crippen molar-refractivity contribution in [2.24, 2.45) is 5.92 Å². The smallest absolute Gasteiger partial charge is 0.243 e. The van der Waals surface area contributed by atoms with Crippen molar-refractivity contribution < 1.29 is 19.1 Å². The predicted octanol–water partition coefficient (Wildman–Crippen LogP) is -0.239. The van der Waals surface area contributed by atoms with Crippen LogP contribution in [0.2, 0.25) is 0 Å². The van der Waals surface area contributed by atoms with E-state index in [-0.39, 0.29) is 23.9 Å². The first-order chi connectivity index (χ1) is 11.7. The summed E-state index contributed by atoms with van der Waals surface area (Å²) in [7, 11) is 0. The first kappa shape index (κ1) is 18.0. The normalized spacial score (nSPS) is 29.6. The average molecular weight is 357 g/mol. The highest BCUT2D eigenvalue weighted by Gasteiger charge is 2.35. The van der Waals surface area contributed by atoms with Crippen LogP contribution in [0.25, 0.3) is 0 Å². The van der Waals surface area contributed by atoms with Crippen LogP contribution in [0.4, 0.5) is 0 Å². The second-order valence-corrected chi connectivity index (χ2v) is 7.59. The molecular formula is C16H27N3O4S. The molecule has 0 saturated carbocycles. The van der Waals surface area contributed by atoms with Crippen LogP contribution in [0.1, 0.15) is 13.3 Å². The lowest BCUT2D eigenvalue weighted by Gasteiger charge is -2.37. The van der Waals surface area contributed by atoms with Crippen molar-refractivity contribution in [3.63, 3.8) is 0 Å². The van der Waals surface area contributed by atoms with Gasteiger partial charge in [0.2, 0.25) is 11.8 Å². The first-order valence-electron chi connectivity index (χ1n) is 8.69. The minimum absolute atomic E-state index is 0.0333. The quantitative estimate of drug-likeness (QED) is 0.732. The molecule has 3 saturated heterocycles. The van der Waals surface area contributed by atoms with Crippen molar-refractivity contribution >= 4 is 23.6 Å². The lowest BCUT2D eigenvalue weighted by Crippen LogP contribution is -2.54. The third-order valence-electron chi connectivity index (χ3n) is 5.10. The molecule has 0 bridgehead atoms. The van der Waals surface area contributed by atoms with E-state index in [1.54, 1.807) is 16.7 Å². The zero-order valence-corrected chi connectivity index (χ0v) is 15.1. The van der Waals surface area contributed by atoms with Crippen LogP contribution in [0.3, 0.4) is 0 Å². The molecule has 2 amide bonds. The van der Waals surface area contributed by atoms with Crippen LogP contribution in [0.15, 0.2) is 0 Å². The highest BCUT2D eigenvalue weighted by atomic mass is 32.2. The maximum Gasteiger partial charge on any atom is 0.243 e. The second-order valence-electron chi connectivity index (χ2n) is 6.59. The Morgan fingerprint density at radius 2 is 2.04 bits per heavy atom. The van der Waals surface area contributed by atoms with Crippen molar-refractivity contribution in [2.75, 3.05) is 57.7 Å². The lowest BCUT2D eigenvalue weighted by atomic mass is 9.96. The number of rotatable bonds is 5. The van der Waals surface area contributed by atoms with Crippen LogP contribution in [0, 0.1) is 5.92 Å². The van der Waals surface area contributed by atoms with Gasteiger partial charge in [0, 0.05) is 50.9 Å². The van der Waals surface area contributed by atoms with Gasteiger partial charge in [0.05, 0.1) is 25.7 Å². The van der Waals surface area contributed by atoms with Gasteiger partial charge in [0.25, 0.3) is 0 Å². The SMILES string of the molecule is CC(=O)N1CSC[C@@H]1C(=O)NC[C@H]([C@H]1CCOC1)N1CCOCC1. The van der Waals surface area contributed by atoms with Gasteiger partial charge in [-0.15, -0.1) is 11.8 Å². The first-order valence-corrected chi connectivity index (χ1v) is 9.84. The molecule has 3 aliphatic rings. The van der Waals surface area contributed by atoms with Gasteiger partial charge in [-0.3, -0.25) is 14.5 Å². The van der Waals surface area contributed by atoms with Crippen LogP contribution < -0.4 is 5.32 Å². The zero-order valence-electron chi connectivity index (χ0n) is 14.2. The molecular weight excluding hydrogens is 330 g/mol. The molecule has 3 aliphatic heterocycles. The average Bonchev–Trinajstić information content (AvgIpc) is 3.27. The molecule has 3 fully saturated rings. The fourth-order valence-electron chi connectivity index (χ4n) is 3.65. The largest absolute Gasteiger partial charge is 0.381 e. The Kier molecular flexibility index (Phi) is 6.37. The number of morpholine rings is 1. The molecule has 7 nitrogen and oxygen atoms in total. The molecule has 24 heavy (non-hydrogen) atoms. The van der Waals surface area contributed by atoms with Gasteiger partial charge < -0.3 is 19.7 Å². The van der Waals surface area contributed by atoms with Gasteiger partial charge in [-0.25, -0.2) is 0 Å². The van der Waals surface area contributed by atoms with Gasteiger partial charge in [-0.2, -0.15) is 0 Å². The Morgan fingerprint density at radius 1 is 1.25 bits per heavy atom. The number of hydrogen-bond donors (Lipinski definition) is 1. The Morgan fingerprint density at radius 3 is 2.71 bits per heavy atom. The number of hydrogen-bond acceptors (Lipinski definition) is 6. The van der Waals surface area contributed by atoms with E-state index in [0.717, 1.165) is 45.9 Å². The molecule has 0 unspecified atom stereocenters. The Labute approximate surface area is 147 Å². The summed E-state index contributed by atoms with van der Waals surface area (Å²) in [4.78, 5) is 28.3. The maximum atomic E-state index is 12.6. The molecule has 1 N–H and O–H groups in total. The van der Waals surface area contributed by atoms with Gasteiger partial charge >= 0.3 is 0 Å². The summed E-state index contributed by atoms with van der Waals surface area (Å²) in [6, 6.07) is -0.0575. The molecule has 0 aromatic heterocycles. The molecule has 136 valence electrons. The minimum atomic E-state index is -0.335. The van der Waals surface area contributed by atoms with E-state index in [1.165, 1.54) is 6.92 Å². The predicted molar refractivity (Wildman–Crippen MR) is 91.7 cm³/mol. The van der Waals surface area contributed by atoms with Crippen LogP contribution in [-0.4, -0.2) is 91.4 Å². The van der Waals surface area contributed by atoms with E-state index in [0.29, 0.717) is 24.1 Å². The van der Waals surface area contributed by atoms with Gasteiger partial charge in [-0.1, -0.05) is 0 Å². The minimum Gasteiger partial charge on any atom is -0.381 e. The number of ether oxygens (including phenoxy) is 2. The summed E-state index contributed by atoms with van der Waals surface area (Å²) < 4.78 is 11.0. The fourth-order valence-corrected chi connectivity index (χ4v) is 4.87. The second kappa shape index (κ2) is 8.51. The zero-order chi connectivity index (χ0) is 16.9. The molecule has 0 radical (unpaired) electrons. The van der Waals surface area contributed by atoms with Gasteiger partial charge in [-0.05, 0) is 6.42 Å². The molecule has 0 aliphatic carbocycles. The van der Waals surface area contributed by atoms with Crippen molar-refractivity contribution in [1.29, 1.82) is 0 Å². The van der Waals surface area contributed by atoms with Crippen molar-refractivity contribution in [2.45, 2.75) is 25.4 Å². The maximum absolute atomic E-state index is 12.6. The topological polar surface area (TPSA) is 71.1 Å². The molecule has 0 spiro atoms. The number of carbonyl (C=O) groups excluding carboxylic acids is 2. The number of nitrogens with zero attached hydrogens (tertiary/aromatic N) is 2. The van der Waals surface area contributed by atoms with E-state index < -0.39 is 0 Å². The number of amides is 2. The Hall–Kier alpha value is -0.830. The van der Waals surface area contributed by atoms with Crippen LogP contribution in [-0.2, 0) is 19.1 Å². The molecule has 8 heteroatoms. The van der Waals surface area contributed by atoms with Crippen LogP contribution in [0.5, 0.6) is 0 Å². The third kappa shape index (κ3) is 4.22. The monoisotopic (exact) mass is 357 g/mol. The third-order valence-corrected chi connectivity index (χ3v) is 6.11. The molecule has 0 aromatic rings. The number of carbonyl (C=O) groups is 2. The van der Waals surface area contributed by atoms with E-state index in [9.17, 15) is 9.59 Å². The van der Waals surface area contributed by atoms with E-state index in [2.05, 4.69) is 10.2 Å². The number of nitrogens with one attached hydrogen (secondary N) is 1. The number of thioether (sulfide) groups is 1. The van der Waals surface area contributed by atoms with Crippen LogP contribution >= 0.6 is 11.8 Å².